The molecule has 132 valence electrons. The smallest absolute Gasteiger partial charge is 0.248 e. The monoisotopic (exact) mass is 336 g/mol. The molecule has 3 rings (SSSR count). The average Bonchev–Trinajstić information content (AvgIpc) is 3.18. The quantitative estimate of drug-likeness (QED) is 0.787. The van der Waals surface area contributed by atoms with Gasteiger partial charge in [-0.1, -0.05) is 0 Å². The summed E-state index contributed by atoms with van der Waals surface area (Å²) in [5.41, 5.74) is 0.387. The van der Waals surface area contributed by atoms with Crippen molar-refractivity contribution in [3.63, 3.8) is 0 Å². The van der Waals surface area contributed by atoms with Crippen molar-refractivity contribution in [1.29, 1.82) is 0 Å². The Morgan fingerprint density at radius 2 is 2.38 bits per heavy atom. The van der Waals surface area contributed by atoms with E-state index >= 15 is 0 Å². The minimum Gasteiger partial charge on any atom is -0.381 e. The predicted octanol–water partition coefficient (Wildman–Crippen LogP) is -0.452. The van der Waals surface area contributed by atoms with E-state index in [1.165, 1.54) is 0 Å². The lowest BCUT2D eigenvalue weighted by atomic mass is 9.73. The molecular weight excluding hydrogens is 312 g/mol. The number of aromatic nitrogens is 2. The number of aryl methyl sites for hydroxylation is 1. The van der Waals surface area contributed by atoms with Crippen LogP contribution in [0.4, 0.5) is 0 Å². The van der Waals surface area contributed by atoms with Gasteiger partial charge in [0.2, 0.25) is 11.8 Å². The number of nitrogens with one attached hydrogen (secondary N) is 1. The maximum absolute atomic E-state index is 12.5. The van der Waals surface area contributed by atoms with Crippen LogP contribution in [0.25, 0.3) is 0 Å². The highest BCUT2D eigenvalue weighted by Gasteiger charge is 2.54. The molecule has 2 atom stereocenters. The Kier molecular flexibility index (Phi) is 4.86. The van der Waals surface area contributed by atoms with Crippen molar-refractivity contribution in [3.05, 3.63) is 18.0 Å². The normalized spacial score (nSPS) is 26.2. The molecular formula is C16H24N4O4. The van der Waals surface area contributed by atoms with E-state index in [9.17, 15) is 9.59 Å². The molecule has 8 nitrogen and oxygen atoms in total. The van der Waals surface area contributed by atoms with Crippen molar-refractivity contribution in [1.82, 2.24) is 20.0 Å². The number of carbonyl (C=O) groups is 2. The van der Waals surface area contributed by atoms with Crippen LogP contribution in [0.1, 0.15) is 12.1 Å². The molecule has 2 amide bonds. The highest BCUT2D eigenvalue weighted by molar-refractivity contribution is 5.86. The summed E-state index contributed by atoms with van der Waals surface area (Å²) >= 11 is 0. The highest BCUT2D eigenvalue weighted by Crippen LogP contribution is 2.42. The maximum Gasteiger partial charge on any atom is 0.248 e. The Morgan fingerprint density at radius 3 is 3.08 bits per heavy atom. The first kappa shape index (κ1) is 16.9. The molecule has 3 heterocycles. The molecule has 0 spiro atoms. The van der Waals surface area contributed by atoms with Crippen molar-refractivity contribution in [2.24, 2.45) is 18.4 Å². The predicted molar refractivity (Wildman–Crippen MR) is 84.9 cm³/mol. The lowest BCUT2D eigenvalue weighted by Gasteiger charge is -2.36. The van der Waals surface area contributed by atoms with Crippen LogP contribution >= 0.6 is 0 Å². The molecule has 1 N–H and O–H groups in total. The van der Waals surface area contributed by atoms with Crippen LogP contribution in [-0.2, 0) is 32.7 Å². The molecule has 2 aliphatic rings. The molecule has 1 aromatic heterocycles. The third-order valence-corrected chi connectivity index (χ3v) is 5.14. The van der Waals surface area contributed by atoms with Crippen LogP contribution in [0, 0.1) is 11.3 Å². The number of likely N-dealkylation sites (tertiary alicyclic amines) is 1. The Balaban J connectivity index is 1.58. The zero-order chi connectivity index (χ0) is 17.2. The summed E-state index contributed by atoms with van der Waals surface area (Å²) < 4.78 is 12.8. The largest absolute Gasteiger partial charge is 0.381 e. The Bertz CT molecular complexity index is 617. The van der Waals surface area contributed by atoms with Gasteiger partial charge in [0.15, 0.2) is 0 Å². The first-order valence-electron chi connectivity index (χ1n) is 8.19. The fourth-order valence-electron chi connectivity index (χ4n) is 3.64. The summed E-state index contributed by atoms with van der Waals surface area (Å²) in [6.07, 6.45) is 2.34. The number of rotatable bonds is 5. The molecule has 0 unspecified atom stereocenters. The van der Waals surface area contributed by atoms with Gasteiger partial charge in [-0.3, -0.25) is 14.3 Å². The molecule has 1 aromatic rings. The fraction of sp³-hybridized carbons (Fsp3) is 0.688. The van der Waals surface area contributed by atoms with Crippen LogP contribution < -0.4 is 5.32 Å². The van der Waals surface area contributed by atoms with Gasteiger partial charge >= 0.3 is 0 Å². The van der Waals surface area contributed by atoms with Crippen molar-refractivity contribution in [2.75, 3.05) is 40.0 Å². The van der Waals surface area contributed by atoms with Gasteiger partial charge in [-0.2, -0.15) is 5.10 Å². The molecule has 2 saturated heterocycles. The lowest BCUT2D eigenvalue weighted by molar-refractivity contribution is -0.140. The van der Waals surface area contributed by atoms with Crippen LogP contribution in [0.2, 0.25) is 0 Å². The van der Waals surface area contributed by atoms with Gasteiger partial charge in [0.1, 0.15) is 6.61 Å². The number of hydrogen-bond acceptors (Lipinski definition) is 5. The number of ether oxygens (including phenoxy) is 2. The second-order valence-electron chi connectivity index (χ2n) is 6.47. The lowest BCUT2D eigenvalue weighted by Crippen LogP contribution is -2.49. The van der Waals surface area contributed by atoms with Crippen molar-refractivity contribution in [3.8, 4) is 0 Å². The summed E-state index contributed by atoms with van der Waals surface area (Å²) in [6, 6.07) is 1.85. The van der Waals surface area contributed by atoms with Crippen LogP contribution in [-0.4, -0.2) is 66.5 Å². The fourth-order valence-corrected chi connectivity index (χ4v) is 3.64. The SMILES string of the molecule is CNC(=O)[C@]12CCOC[C@H]1CN(C(=O)COCc1ccnn1C)C2. The van der Waals surface area contributed by atoms with Crippen LogP contribution in [0.3, 0.4) is 0 Å². The molecule has 2 aliphatic heterocycles. The van der Waals surface area contributed by atoms with Gasteiger partial charge in [0.25, 0.3) is 0 Å². The summed E-state index contributed by atoms with van der Waals surface area (Å²) in [6.45, 7) is 2.40. The summed E-state index contributed by atoms with van der Waals surface area (Å²) in [5, 5.41) is 6.81. The van der Waals surface area contributed by atoms with Crippen molar-refractivity contribution < 1.29 is 19.1 Å². The van der Waals surface area contributed by atoms with E-state index in [4.69, 9.17) is 9.47 Å². The van der Waals surface area contributed by atoms with E-state index in [-0.39, 0.29) is 24.3 Å². The molecule has 0 saturated carbocycles. The Hall–Kier alpha value is -1.93. The van der Waals surface area contributed by atoms with Gasteiger partial charge in [0.05, 0.1) is 24.3 Å². The number of nitrogens with zero attached hydrogens (tertiary/aromatic N) is 3. The van der Waals surface area contributed by atoms with Gasteiger partial charge in [-0.25, -0.2) is 0 Å². The zero-order valence-corrected chi connectivity index (χ0v) is 14.2. The molecule has 0 bridgehead atoms. The minimum absolute atomic E-state index is 0.00176. The van der Waals surface area contributed by atoms with Gasteiger partial charge in [-0.15, -0.1) is 0 Å². The van der Waals surface area contributed by atoms with Gasteiger partial charge in [0, 0.05) is 45.9 Å². The molecule has 2 fully saturated rings. The Morgan fingerprint density at radius 1 is 1.54 bits per heavy atom. The molecule has 0 aromatic carbocycles. The first-order chi connectivity index (χ1) is 11.6. The van der Waals surface area contributed by atoms with Gasteiger partial charge in [-0.05, 0) is 12.5 Å². The number of carbonyl (C=O) groups excluding carboxylic acids is 2. The van der Waals surface area contributed by atoms with E-state index in [2.05, 4.69) is 10.4 Å². The van der Waals surface area contributed by atoms with E-state index < -0.39 is 5.41 Å². The minimum atomic E-state index is -0.523. The van der Waals surface area contributed by atoms with E-state index in [0.717, 1.165) is 5.69 Å². The van der Waals surface area contributed by atoms with Crippen molar-refractivity contribution >= 4 is 11.8 Å². The topological polar surface area (TPSA) is 85.7 Å². The summed E-state index contributed by atoms with van der Waals surface area (Å²) in [4.78, 5) is 26.6. The second-order valence-corrected chi connectivity index (χ2v) is 6.47. The molecule has 24 heavy (non-hydrogen) atoms. The van der Waals surface area contributed by atoms with E-state index in [0.29, 0.717) is 39.3 Å². The molecule has 8 heteroatoms. The van der Waals surface area contributed by atoms with Crippen molar-refractivity contribution in [2.45, 2.75) is 13.0 Å². The zero-order valence-electron chi connectivity index (χ0n) is 14.2. The number of amides is 2. The number of hydrogen-bond donors (Lipinski definition) is 1. The van der Waals surface area contributed by atoms with E-state index in [1.54, 1.807) is 22.8 Å². The third kappa shape index (κ3) is 3.03. The standard InChI is InChI=1S/C16H24N4O4/c1-17-15(22)16-4-6-23-8-12(16)7-20(11-16)14(21)10-24-9-13-3-5-18-19(13)2/h3,5,12H,4,6-11H2,1-2H3,(H,17,22)/t12-,16+/m1/s1. The average molecular weight is 336 g/mol. The third-order valence-electron chi connectivity index (χ3n) is 5.14. The van der Waals surface area contributed by atoms with E-state index in [1.807, 2.05) is 13.1 Å². The Labute approximate surface area is 141 Å². The molecule has 0 radical (unpaired) electrons. The second kappa shape index (κ2) is 6.90. The molecule has 0 aliphatic carbocycles. The first-order valence-corrected chi connectivity index (χ1v) is 8.19. The highest BCUT2D eigenvalue weighted by atomic mass is 16.5. The van der Waals surface area contributed by atoms with Crippen LogP contribution in [0.15, 0.2) is 12.3 Å². The summed E-state index contributed by atoms with van der Waals surface area (Å²) in [7, 11) is 3.48. The maximum atomic E-state index is 12.5. The summed E-state index contributed by atoms with van der Waals surface area (Å²) in [5.74, 6) is -0.0380. The van der Waals surface area contributed by atoms with Crippen LogP contribution in [0.5, 0.6) is 0 Å². The van der Waals surface area contributed by atoms with Gasteiger partial charge < -0.3 is 19.7 Å². The number of fused-ring (bicyclic) bond motifs is 1.